The number of carbonyl (C=O) groups is 1. The summed E-state index contributed by atoms with van der Waals surface area (Å²) in [5, 5.41) is 0. The molecule has 1 aliphatic carbocycles. The normalized spacial score (nSPS) is 25.0. The van der Waals surface area contributed by atoms with Crippen molar-refractivity contribution in [2.45, 2.75) is 31.8 Å². The van der Waals surface area contributed by atoms with E-state index < -0.39 is 0 Å². The second-order valence-corrected chi connectivity index (χ2v) is 4.16. The van der Waals surface area contributed by atoms with E-state index in [1.54, 1.807) is 6.20 Å². The molecule has 1 amide bonds. The zero-order chi connectivity index (χ0) is 11.4. The Labute approximate surface area is 94.8 Å². The molecule has 0 saturated heterocycles. The van der Waals surface area contributed by atoms with Crippen molar-refractivity contribution in [3.63, 3.8) is 0 Å². The largest absolute Gasteiger partial charge is 0.474 e. The van der Waals surface area contributed by atoms with Crippen LogP contribution in [0.2, 0.25) is 0 Å². The van der Waals surface area contributed by atoms with Crippen LogP contribution in [0.1, 0.15) is 25.7 Å². The highest BCUT2D eigenvalue weighted by molar-refractivity contribution is 5.76. The van der Waals surface area contributed by atoms with Gasteiger partial charge in [0.2, 0.25) is 11.8 Å². The number of primary amides is 1. The molecule has 2 rings (SSSR count). The molecule has 4 nitrogen and oxygen atoms in total. The summed E-state index contributed by atoms with van der Waals surface area (Å²) in [4.78, 5) is 15.1. The summed E-state index contributed by atoms with van der Waals surface area (Å²) in [6, 6.07) is 5.61. The van der Waals surface area contributed by atoms with Crippen LogP contribution >= 0.6 is 0 Å². The SMILES string of the molecule is NC(=O)C1CCC(Oc2ccccn2)CC1. The van der Waals surface area contributed by atoms with Gasteiger partial charge in [0.1, 0.15) is 6.10 Å². The number of aromatic nitrogens is 1. The lowest BCUT2D eigenvalue weighted by atomic mass is 9.87. The van der Waals surface area contributed by atoms with Gasteiger partial charge in [0.25, 0.3) is 0 Å². The lowest BCUT2D eigenvalue weighted by Crippen LogP contribution is -2.31. The Morgan fingerprint density at radius 1 is 1.31 bits per heavy atom. The van der Waals surface area contributed by atoms with Crippen LogP contribution in [0.5, 0.6) is 5.88 Å². The zero-order valence-electron chi connectivity index (χ0n) is 9.13. The molecule has 0 atom stereocenters. The average Bonchev–Trinajstić information content (AvgIpc) is 2.31. The standard InChI is InChI=1S/C12H16N2O2/c13-12(15)9-4-6-10(7-5-9)16-11-3-1-2-8-14-11/h1-3,8-10H,4-7H2,(H2,13,15). The van der Waals surface area contributed by atoms with Gasteiger partial charge in [0.05, 0.1) is 0 Å². The van der Waals surface area contributed by atoms with E-state index in [-0.39, 0.29) is 17.9 Å². The molecule has 1 aromatic rings. The summed E-state index contributed by atoms with van der Waals surface area (Å²) < 4.78 is 5.72. The third kappa shape index (κ3) is 2.72. The van der Waals surface area contributed by atoms with Crippen molar-refractivity contribution >= 4 is 5.91 Å². The van der Waals surface area contributed by atoms with Gasteiger partial charge in [0.15, 0.2) is 0 Å². The predicted molar refractivity (Wildman–Crippen MR) is 59.8 cm³/mol. The van der Waals surface area contributed by atoms with Gasteiger partial charge in [-0.1, -0.05) is 6.07 Å². The van der Waals surface area contributed by atoms with E-state index in [9.17, 15) is 4.79 Å². The maximum Gasteiger partial charge on any atom is 0.220 e. The van der Waals surface area contributed by atoms with E-state index >= 15 is 0 Å². The minimum atomic E-state index is -0.184. The van der Waals surface area contributed by atoms with Crippen molar-refractivity contribution in [2.75, 3.05) is 0 Å². The Morgan fingerprint density at radius 2 is 2.06 bits per heavy atom. The smallest absolute Gasteiger partial charge is 0.220 e. The first-order valence-corrected chi connectivity index (χ1v) is 5.62. The van der Waals surface area contributed by atoms with Gasteiger partial charge < -0.3 is 10.5 Å². The van der Waals surface area contributed by atoms with Crippen LogP contribution < -0.4 is 10.5 Å². The number of ether oxygens (including phenoxy) is 1. The number of carbonyl (C=O) groups excluding carboxylic acids is 1. The third-order valence-corrected chi connectivity index (χ3v) is 3.00. The molecule has 1 saturated carbocycles. The quantitative estimate of drug-likeness (QED) is 0.839. The summed E-state index contributed by atoms with van der Waals surface area (Å²) in [6.07, 6.45) is 5.30. The third-order valence-electron chi connectivity index (χ3n) is 3.00. The molecule has 1 heterocycles. The fourth-order valence-corrected chi connectivity index (χ4v) is 2.05. The Morgan fingerprint density at radius 3 is 2.62 bits per heavy atom. The van der Waals surface area contributed by atoms with Crippen molar-refractivity contribution in [1.29, 1.82) is 0 Å². The first-order chi connectivity index (χ1) is 7.75. The molecular formula is C12H16N2O2. The van der Waals surface area contributed by atoms with Crippen molar-refractivity contribution in [1.82, 2.24) is 4.98 Å². The van der Waals surface area contributed by atoms with Gasteiger partial charge in [-0.15, -0.1) is 0 Å². The first-order valence-electron chi connectivity index (χ1n) is 5.62. The van der Waals surface area contributed by atoms with Crippen LogP contribution in [0.15, 0.2) is 24.4 Å². The molecule has 1 aromatic heterocycles. The molecule has 0 bridgehead atoms. The van der Waals surface area contributed by atoms with Gasteiger partial charge in [-0.2, -0.15) is 0 Å². The number of rotatable bonds is 3. The van der Waals surface area contributed by atoms with Gasteiger partial charge in [-0.25, -0.2) is 4.98 Å². The summed E-state index contributed by atoms with van der Waals surface area (Å²) >= 11 is 0. The lowest BCUT2D eigenvalue weighted by Gasteiger charge is -2.26. The maximum absolute atomic E-state index is 11.0. The molecule has 1 aliphatic rings. The van der Waals surface area contributed by atoms with Crippen molar-refractivity contribution in [3.8, 4) is 5.88 Å². The fraction of sp³-hybridized carbons (Fsp3) is 0.500. The lowest BCUT2D eigenvalue weighted by molar-refractivity contribution is -0.123. The van der Waals surface area contributed by atoms with Crippen molar-refractivity contribution in [2.24, 2.45) is 11.7 Å². The molecule has 0 unspecified atom stereocenters. The van der Waals surface area contributed by atoms with Crippen molar-refractivity contribution in [3.05, 3.63) is 24.4 Å². The molecular weight excluding hydrogens is 204 g/mol. The molecule has 2 N–H and O–H groups in total. The van der Waals surface area contributed by atoms with E-state index in [1.807, 2.05) is 18.2 Å². The fourth-order valence-electron chi connectivity index (χ4n) is 2.05. The van der Waals surface area contributed by atoms with Crippen LogP contribution in [0.3, 0.4) is 0 Å². The molecule has 0 aliphatic heterocycles. The van der Waals surface area contributed by atoms with Gasteiger partial charge in [-0.3, -0.25) is 4.79 Å². The van der Waals surface area contributed by atoms with Crippen LogP contribution in [0.25, 0.3) is 0 Å². The Hall–Kier alpha value is -1.58. The number of nitrogens with zero attached hydrogens (tertiary/aromatic N) is 1. The summed E-state index contributed by atoms with van der Waals surface area (Å²) in [5.41, 5.74) is 5.27. The number of amides is 1. The molecule has 4 heteroatoms. The minimum absolute atomic E-state index is 0.0311. The highest BCUT2D eigenvalue weighted by Gasteiger charge is 2.25. The van der Waals surface area contributed by atoms with E-state index in [1.165, 1.54) is 0 Å². The van der Waals surface area contributed by atoms with Crippen LogP contribution in [0.4, 0.5) is 0 Å². The molecule has 16 heavy (non-hydrogen) atoms. The molecule has 1 fully saturated rings. The van der Waals surface area contributed by atoms with E-state index in [0.29, 0.717) is 5.88 Å². The number of pyridine rings is 1. The van der Waals surface area contributed by atoms with Gasteiger partial charge in [0, 0.05) is 18.2 Å². The van der Waals surface area contributed by atoms with E-state index in [2.05, 4.69) is 4.98 Å². The monoisotopic (exact) mass is 220 g/mol. The number of hydrogen-bond acceptors (Lipinski definition) is 3. The second kappa shape index (κ2) is 4.96. The predicted octanol–water partition coefficient (Wildman–Crippen LogP) is 1.50. The summed E-state index contributed by atoms with van der Waals surface area (Å²) in [5.74, 6) is 0.505. The topological polar surface area (TPSA) is 65.2 Å². The second-order valence-electron chi connectivity index (χ2n) is 4.16. The molecule has 0 spiro atoms. The Balaban J connectivity index is 1.84. The molecule has 0 radical (unpaired) electrons. The highest BCUT2D eigenvalue weighted by Crippen LogP contribution is 2.26. The maximum atomic E-state index is 11.0. The van der Waals surface area contributed by atoms with Gasteiger partial charge in [-0.05, 0) is 31.7 Å². The first kappa shape index (κ1) is 10.9. The summed E-state index contributed by atoms with van der Waals surface area (Å²) in [7, 11) is 0. The number of nitrogens with two attached hydrogens (primary N) is 1. The van der Waals surface area contributed by atoms with E-state index in [0.717, 1.165) is 25.7 Å². The van der Waals surface area contributed by atoms with E-state index in [4.69, 9.17) is 10.5 Å². The van der Waals surface area contributed by atoms with Crippen LogP contribution in [-0.4, -0.2) is 17.0 Å². The van der Waals surface area contributed by atoms with Crippen LogP contribution in [0, 0.1) is 5.92 Å². The highest BCUT2D eigenvalue weighted by atomic mass is 16.5. The summed E-state index contributed by atoms with van der Waals surface area (Å²) in [6.45, 7) is 0. The Bertz CT molecular complexity index is 345. The average molecular weight is 220 g/mol. The van der Waals surface area contributed by atoms with Crippen molar-refractivity contribution < 1.29 is 9.53 Å². The van der Waals surface area contributed by atoms with Gasteiger partial charge >= 0.3 is 0 Å². The van der Waals surface area contributed by atoms with Crippen LogP contribution in [-0.2, 0) is 4.79 Å². The number of hydrogen-bond donors (Lipinski definition) is 1. The minimum Gasteiger partial charge on any atom is -0.474 e. The molecule has 0 aromatic carbocycles. The Kier molecular flexibility index (Phi) is 3.39. The molecule has 86 valence electrons. The zero-order valence-corrected chi connectivity index (χ0v) is 9.13.